The zero-order valence-corrected chi connectivity index (χ0v) is 16.4. The van der Waals surface area contributed by atoms with Gasteiger partial charge in [-0.05, 0) is 19.3 Å². The number of sulfone groups is 1. The van der Waals surface area contributed by atoms with Crippen molar-refractivity contribution in [3.63, 3.8) is 0 Å². The molecule has 1 aromatic rings. The molecule has 2 rings (SSSR count). The highest BCUT2D eigenvalue weighted by molar-refractivity contribution is 7.91. The summed E-state index contributed by atoms with van der Waals surface area (Å²) in [5, 5.41) is 16.2. The molecule has 1 atom stereocenters. The van der Waals surface area contributed by atoms with Gasteiger partial charge in [0.2, 0.25) is 10.0 Å². The van der Waals surface area contributed by atoms with Gasteiger partial charge in [0.15, 0.2) is 32.2 Å². The second-order valence-electron chi connectivity index (χ2n) is 6.38. The van der Waals surface area contributed by atoms with Crippen molar-refractivity contribution in [2.75, 3.05) is 17.7 Å². The summed E-state index contributed by atoms with van der Waals surface area (Å²) >= 11 is 0. The first-order valence-electron chi connectivity index (χ1n) is 8.50. The molecule has 0 saturated heterocycles. The Hall–Kier alpha value is -1.63. The monoisotopic (exact) mass is 442 g/mol. The van der Waals surface area contributed by atoms with Gasteiger partial charge in [-0.3, -0.25) is 0 Å². The third-order valence-electron chi connectivity index (χ3n) is 4.28. The van der Waals surface area contributed by atoms with E-state index in [0.29, 0.717) is 12.8 Å². The Kier molecular flexibility index (Phi) is 7.12. The van der Waals surface area contributed by atoms with Gasteiger partial charge in [0.1, 0.15) is 4.90 Å². The Labute approximate surface area is 161 Å². The van der Waals surface area contributed by atoms with Gasteiger partial charge in [-0.1, -0.05) is 25.0 Å². The molecule has 0 bridgehead atoms. The third-order valence-corrected chi connectivity index (χ3v) is 6.93. The van der Waals surface area contributed by atoms with Crippen LogP contribution in [0.25, 0.3) is 0 Å². The van der Waals surface area contributed by atoms with Crippen LogP contribution in [-0.2, 0) is 19.9 Å². The first kappa shape index (κ1) is 22.7. The number of rotatable bonds is 6. The van der Waals surface area contributed by atoms with Crippen molar-refractivity contribution in [2.24, 2.45) is 5.14 Å². The first-order valence-corrected chi connectivity index (χ1v) is 11.7. The second-order valence-corrected chi connectivity index (χ2v) is 9.92. The molecule has 0 aliphatic heterocycles. The molecule has 0 unspecified atom stereocenters. The quantitative estimate of drug-likeness (QED) is 0.456. The molecule has 158 valence electrons. The fourth-order valence-electron chi connectivity index (χ4n) is 2.98. The summed E-state index contributed by atoms with van der Waals surface area (Å²) in [5.74, 6) is -7.13. The van der Waals surface area contributed by atoms with Crippen LogP contribution < -0.4 is 10.5 Å². The molecule has 0 heterocycles. The Bertz CT molecular complexity index is 979. The summed E-state index contributed by atoms with van der Waals surface area (Å²) in [6.45, 7) is -0.926. The smallest absolute Gasteiger partial charge is 0.244 e. The fourth-order valence-corrected chi connectivity index (χ4v) is 4.94. The molecule has 12 heteroatoms. The molecule has 1 aromatic carbocycles. The zero-order chi connectivity index (χ0) is 21.1. The van der Waals surface area contributed by atoms with Gasteiger partial charge in [-0.2, -0.15) is 0 Å². The van der Waals surface area contributed by atoms with Crippen molar-refractivity contribution in [1.82, 2.24) is 0 Å². The summed E-state index contributed by atoms with van der Waals surface area (Å²) < 4.78 is 91.5. The summed E-state index contributed by atoms with van der Waals surface area (Å²) in [5.41, 5.74) is -1.02. The van der Waals surface area contributed by atoms with Crippen molar-refractivity contribution in [3.05, 3.63) is 29.6 Å². The summed E-state index contributed by atoms with van der Waals surface area (Å²) in [6, 6.07) is -0.643. The molecular weight excluding hydrogens is 421 g/mol. The van der Waals surface area contributed by atoms with E-state index in [4.69, 9.17) is 10.2 Å². The van der Waals surface area contributed by atoms with Crippen LogP contribution in [0.4, 0.5) is 18.9 Å². The molecule has 0 aromatic heterocycles. The van der Waals surface area contributed by atoms with Crippen LogP contribution in [0.3, 0.4) is 0 Å². The highest BCUT2D eigenvalue weighted by Crippen LogP contribution is 2.36. The number of aliphatic hydroxyl groups excluding tert-OH is 1. The zero-order valence-electron chi connectivity index (χ0n) is 14.8. The molecule has 0 saturated carbocycles. The largest absolute Gasteiger partial charge is 0.395 e. The van der Waals surface area contributed by atoms with E-state index in [1.165, 1.54) is 0 Å². The van der Waals surface area contributed by atoms with E-state index >= 15 is 0 Å². The number of hydrogen-bond donors (Lipinski definition) is 3. The molecule has 0 fully saturated rings. The van der Waals surface area contributed by atoms with Gasteiger partial charge in [0, 0.05) is 6.04 Å². The number of aliphatic hydroxyl groups is 1. The lowest BCUT2D eigenvalue weighted by molar-refractivity contribution is 0.319. The molecule has 7 nitrogen and oxygen atoms in total. The first-order chi connectivity index (χ1) is 13.0. The van der Waals surface area contributed by atoms with E-state index in [9.17, 15) is 30.0 Å². The van der Waals surface area contributed by atoms with Crippen molar-refractivity contribution in [2.45, 2.75) is 47.9 Å². The highest BCUT2D eigenvalue weighted by Gasteiger charge is 2.36. The normalized spacial score (nSPS) is 19.7. The molecule has 0 amide bonds. The Morgan fingerprint density at radius 3 is 2.29 bits per heavy atom. The SMILES string of the molecule is NS(=O)(=O)c1c(F)c(F)c(S(=O)(=O)CCO)c(N[C@@H]2/C=C\CCCCC2)c1F. The predicted molar refractivity (Wildman–Crippen MR) is 96.5 cm³/mol. The minimum Gasteiger partial charge on any atom is -0.395 e. The Balaban J connectivity index is 2.75. The average Bonchev–Trinajstić information content (AvgIpc) is 2.53. The lowest BCUT2D eigenvalue weighted by Crippen LogP contribution is -2.26. The third kappa shape index (κ3) is 4.85. The molecule has 0 radical (unpaired) electrons. The van der Waals surface area contributed by atoms with Crippen LogP contribution in [0.1, 0.15) is 32.1 Å². The summed E-state index contributed by atoms with van der Waals surface area (Å²) in [7, 11) is -9.70. The van der Waals surface area contributed by atoms with Gasteiger partial charge in [-0.25, -0.2) is 35.1 Å². The predicted octanol–water partition coefficient (Wildman–Crippen LogP) is 1.82. The number of anilines is 1. The van der Waals surface area contributed by atoms with Crippen molar-refractivity contribution < 1.29 is 35.1 Å². The van der Waals surface area contributed by atoms with Gasteiger partial charge in [0.05, 0.1) is 18.0 Å². The summed E-state index contributed by atoms with van der Waals surface area (Å²) in [4.78, 5) is -3.13. The number of halogens is 3. The second kappa shape index (κ2) is 8.80. The number of hydrogen-bond acceptors (Lipinski definition) is 6. The van der Waals surface area contributed by atoms with E-state index in [0.717, 1.165) is 19.3 Å². The molecule has 1 aliphatic rings. The van der Waals surface area contributed by atoms with E-state index in [-0.39, 0.29) is 0 Å². The number of benzene rings is 1. The maximum atomic E-state index is 14.9. The van der Waals surface area contributed by atoms with Crippen molar-refractivity contribution >= 4 is 25.5 Å². The Morgan fingerprint density at radius 2 is 1.68 bits per heavy atom. The maximum Gasteiger partial charge on any atom is 0.244 e. The fraction of sp³-hybridized carbons (Fsp3) is 0.500. The standard InChI is InChI=1S/C16H21F3N2O5S2/c17-11-12(18)16(27(23,24)9-8-22)14(13(19)15(11)28(20,25)26)21-10-6-4-2-1-3-5-7-10/h4,6,10,21-22H,1-3,5,7-9H2,(H2,20,25,26)/b6-4-/t10-/m1/s1. The molecule has 28 heavy (non-hydrogen) atoms. The number of allylic oxidation sites excluding steroid dienone is 1. The van der Waals surface area contributed by atoms with E-state index in [1.807, 2.05) is 0 Å². The van der Waals surface area contributed by atoms with E-state index in [1.54, 1.807) is 12.2 Å². The lowest BCUT2D eigenvalue weighted by Gasteiger charge is -2.22. The van der Waals surface area contributed by atoms with Crippen LogP contribution in [0, 0.1) is 17.5 Å². The Morgan fingerprint density at radius 1 is 1.04 bits per heavy atom. The van der Waals surface area contributed by atoms with Crippen molar-refractivity contribution in [1.29, 1.82) is 0 Å². The average molecular weight is 442 g/mol. The van der Waals surface area contributed by atoms with Crippen LogP contribution in [0.5, 0.6) is 0 Å². The molecule has 0 spiro atoms. The van der Waals surface area contributed by atoms with Crippen LogP contribution in [0.2, 0.25) is 0 Å². The highest BCUT2D eigenvalue weighted by atomic mass is 32.2. The van der Waals surface area contributed by atoms with Crippen LogP contribution in [0.15, 0.2) is 21.9 Å². The molecular formula is C16H21F3N2O5S2. The number of primary sulfonamides is 1. The number of sulfonamides is 1. The van der Waals surface area contributed by atoms with Gasteiger partial charge < -0.3 is 10.4 Å². The van der Waals surface area contributed by atoms with Crippen LogP contribution >= 0.6 is 0 Å². The van der Waals surface area contributed by atoms with Gasteiger partial charge in [0.25, 0.3) is 0 Å². The number of nitrogens with two attached hydrogens (primary N) is 1. The summed E-state index contributed by atoms with van der Waals surface area (Å²) in [6.07, 6.45) is 7.06. The molecule has 4 N–H and O–H groups in total. The minimum atomic E-state index is -5.03. The topological polar surface area (TPSA) is 127 Å². The van der Waals surface area contributed by atoms with E-state index in [2.05, 4.69) is 5.32 Å². The van der Waals surface area contributed by atoms with Crippen LogP contribution in [-0.4, -0.2) is 40.3 Å². The van der Waals surface area contributed by atoms with Gasteiger partial charge in [-0.15, -0.1) is 0 Å². The minimum absolute atomic E-state index is 0.430. The van der Waals surface area contributed by atoms with Crippen molar-refractivity contribution in [3.8, 4) is 0 Å². The molecule has 1 aliphatic carbocycles. The number of nitrogens with one attached hydrogen (secondary N) is 1. The lowest BCUT2D eigenvalue weighted by atomic mass is 10.0. The van der Waals surface area contributed by atoms with E-state index < -0.39 is 71.2 Å². The maximum absolute atomic E-state index is 14.9. The van der Waals surface area contributed by atoms with Gasteiger partial charge >= 0.3 is 0 Å².